The van der Waals surface area contributed by atoms with Crippen molar-refractivity contribution in [2.24, 2.45) is 0 Å². The molecule has 0 radical (unpaired) electrons. The molecule has 0 aromatic carbocycles. The number of hydrogen-bond donors (Lipinski definition) is 1. The second kappa shape index (κ2) is 7.76. The standard InChI is InChI=1S/C15H30N2S/c1-18-15(8-3-2-4-9-15)14-16-10-7-13-17-11-5-6-12-17/h16H,2-14H2,1H3. The summed E-state index contributed by atoms with van der Waals surface area (Å²) in [7, 11) is 0. The van der Waals surface area contributed by atoms with Crippen LogP contribution in [0.2, 0.25) is 0 Å². The fourth-order valence-electron chi connectivity index (χ4n) is 3.40. The van der Waals surface area contributed by atoms with Gasteiger partial charge in [-0.2, -0.15) is 11.8 Å². The number of hydrogen-bond acceptors (Lipinski definition) is 3. The molecule has 3 heteroatoms. The maximum Gasteiger partial charge on any atom is 0.0281 e. The summed E-state index contributed by atoms with van der Waals surface area (Å²) in [6, 6.07) is 0. The highest BCUT2D eigenvalue weighted by Crippen LogP contribution is 2.37. The van der Waals surface area contributed by atoms with Crippen molar-refractivity contribution >= 4 is 11.8 Å². The third-order valence-electron chi connectivity index (χ3n) is 4.67. The van der Waals surface area contributed by atoms with Gasteiger partial charge in [0.15, 0.2) is 0 Å². The first kappa shape index (κ1) is 14.7. The SMILES string of the molecule is CSC1(CNCCCN2CCCC2)CCCCC1. The molecular formula is C15H30N2S. The van der Waals surface area contributed by atoms with Crippen LogP contribution in [0.1, 0.15) is 51.4 Å². The van der Waals surface area contributed by atoms with Crippen LogP contribution in [0.5, 0.6) is 0 Å². The zero-order valence-electron chi connectivity index (χ0n) is 12.0. The summed E-state index contributed by atoms with van der Waals surface area (Å²) in [6.07, 6.45) is 13.7. The molecule has 2 rings (SSSR count). The van der Waals surface area contributed by atoms with Crippen LogP contribution < -0.4 is 5.32 Å². The van der Waals surface area contributed by atoms with E-state index in [-0.39, 0.29) is 0 Å². The van der Waals surface area contributed by atoms with Crippen LogP contribution in [0, 0.1) is 0 Å². The summed E-state index contributed by atoms with van der Waals surface area (Å²) in [5.41, 5.74) is 0. The Morgan fingerprint density at radius 1 is 1.06 bits per heavy atom. The number of likely N-dealkylation sites (tertiary alicyclic amines) is 1. The molecule has 1 heterocycles. The minimum atomic E-state index is 0.561. The van der Waals surface area contributed by atoms with Gasteiger partial charge in [0.1, 0.15) is 0 Å². The van der Waals surface area contributed by atoms with E-state index in [1.54, 1.807) is 0 Å². The molecular weight excluding hydrogens is 240 g/mol. The molecule has 0 aromatic heterocycles. The summed E-state index contributed by atoms with van der Waals surface area (Å²) in [4.78, 5) is 2.62. The van der Waals surface area contributed by atoms with Gasteiger partial charge in [0.25, 0.3) is 0 Å². The highest BCUT2D eigenvalue weighted by Gasteiger charge is 2.30. The Morgan fingerprint density at radius 2 is 1.78 bits per heavy atom. The first-order valence-electron chi connectivity index (χ1n) is 7.83. The van der Waals surface area contributed by atoms with Gasteiger partial charge in [-0.1, -0.05) is 19.3 Å². The van der Waals surface area contributed by atoms with Gasteiger partial charge in [-0.3, -0.25) is 0 Å². The van der Waals surface area contributed by atoms with E-state index in [0.29, 0.717) is 4.75 Å². The summed E-state index contributed by atoms with van der Waals surface area (Å²) in [6.45, 7) is 6.43. The summed E-state index contributed by atoms with van der Waals surface area (Å²) in [5.74, 6) is 0. The average Bonchev–Trinajstić information content (AvgIpc) is 2.93. The summed E-state index contributed by atoms with van der Waals surface area (Å²) < 4.78 is 0.561. The van der Waals surface area contributed by atoms with Crippen LogP contribution in [0.15, 0.2) is 0 Å². The molecule has 1 saturated carbocycles. The van der Waals surface area contributed by atoms with Gasteiger partial charge >= 0.3 is 0 Å². The van der Waals surface area contributed by atoms with Crippen LogP contribution in [0.25, 0.3) is 0 Å². The number of thioether (sulfide) groups is 1. The Morgan fingerprint density at radius 3 is 2.44 bits per heavy atom. The number of rotatable bonds is 7. The van der Waals surface area contributed by atoms with Crippen molar-refractivity contribution in [3.8, 4) is 0 Å². The predicted octanol–water partition coefficient (Wildman–Crippen LogP) is 3.13. The molecule has 0 atom stereocenters. The van der Waals surface area contributed by atoms with Crippen molar-refractivity contribution in [3.63, 3.8) is 0 Å². The Balaban J connectivity index is 1.55. The molecule has 1 N–H and O–H groups in total. The molecule has 106 valence electrons. The topological polar surface area (TPSA) is 15.3 Å². The zero-order chi connectivity index (χ0) is 12.7. The molecule has 0 amide bonds. The molecule has 0 spiro atoms. The van der Waals surface area contributed by atoms with Gasteiger partial charge in [0.05, 0.1) is 0 Å². The fraction of sp³-hybridized carbons (Fsp3) is 1.00. The fourth-order valence-corrected chi connectivity index (χ4v) is 4.34. The predicted molar refractivity (Wildman–Crippen MR) is 82.5 cm³/mol. The second-order valence-corrected chi connectivity index (χ2v) is 7.30. The van der Waals surface area contributed by atoms with Gasteiger partial charge in [-0.25, -0.2) is 0 Å². The van der Waals surface area contributed by atoms with E-state index in [0.717, 1.165) is 0 Å². The normalized spacial score (nSPS) is 24.5. The van der Waals surface area contributed by atoms with Crippen LogP contribution in [-0.4, -0.2) is 48.6 Å². The smallest absolute Gasteiger partial charge is 0.0281 e. The van der Waals surface area contributed by atoms with Crippen molar-refractivity contribution < 1.29 is 0 Å². The van der Waals surface area contributed by atoms with Crippen molar-refractivity contribution in [1.29, 1.82) is 0 Å². The van der Waals surface area contributed by atoms with Crippen LogP contribution in [-0.2, 0) is 0 Å². The number of nitrogens with zero attached hydrogens (tertiary/aromatic N) is 1. The highest BCUT2D eigenvalue weighted by atomic mass is 32.2. The second-order valence-electron chi connectivity index (χ2n) is 6.03. The third kappa shape index (κ3) is 4.43. The van der Waals surface area contributed by atoms with E-state index < -0.39 is 0 Å². The van der Waals surface area contributed by atoms with Gasteiger partial charge in [-0.05, 0) is 64.5 Å². The first-order valence-corrected chi connectivity index (χ1v) is 9.05. The van der Waals surface area contributed by atoms with E-state index in [9.17, 15) is 0 Å². The van der Waals surface area contributed by atoms with Gasteiger partial charge in [-0.15, -0.1) is 0 Å². The molecule has 2 fully saturated rings. The lowest BCUT2D eigenvalue weighted by molar-refractivity contribution is 0.325. The largest absolute Gasteiger partial charge is 0.315 e. The van der Waals surface area contributed by atoms with E-state index in [2.05, 4.69) is 28.2 Å². The molecule has 18 heavy (non-hydrogen) atoms. The maximum absolute atomic E-state index is 3.72. The number of nitrogens with one attached hydrogen (secondary N) is 1. The molecule has 0 bridgehead atoms. The lowest BCUT2D eigenvalue weighted by Crippen LogP contribution is -2.40. The van der Waals surface area contributed by atoms with Crippen LogP contribution in [0.4, 0.5) is 0 Å². The Hall–Kier alpha value is 0.270. The van der Waals surface area contributed by atoms with E-state index in [4.69, 9.17) is 0 Å². The molecule has 1 aliphatic heterocycles. The lowest BCUT2D eigenvalue weighted by Gasteiger charge is -2.36. The highest BCUT2D eigenvalue weighted by molar-refractivity contribution is 8.00. The Labute approximate surface area is 117 Å². The molecule has 2 nitrogen and oxygen atoms in total. The van der Waals surface area contributed by atoms with Crippen molar-refractivity contribution in [2.75, 3.05) is 39.0 Å². The molecule has 2 aliphatic rings. The van der Waals surface area contributed by atoms with Crippen LogP contribution in [0.3, 0.4) is 0 Å². The third-order valence-corrected chi connectivity index (χ3v) is 6.09. The van der Waals surface area contributed by atoms with E-state index in [1.165, 1.54) is 84.1 Å². The minimum Gasteiger partial charge on any atom is -0.315 e. The van der Waals surface area contributed by atoms with E-state index in [1.807, 2.05) is 0 Å². The maximum atomic E-state index is 3.72. The van der Waals surface area contributed by atoms with Crippen LogP contribution >= 0.6 is 11.8 Å². The Bertz CT molecular complexity index is 221. The first-order chi connectivity index (χ1) is 8.85. The van der Waals surface area contributed by atoms with Gasteiger partial charge in [0, 0.05) is 11.3 Å². The Kier molecular flexibility index (Phi) is 6.33. The zero-order valence-corrected chi connectivity index (χ0v) is 12.9. The molecule has 0 unspecified atom stereocenters. The van der Waals surface area contributed by atoms with Crippen molar-refractivity contribution in [1.82, 2.24) is 10.2 Å². The van der Waals surface area contributed by atoms with E-state index >= 15 is 0 Å². The molecule has 1 aliphatic carbocycles. The van der Waals surface area contributed by atoms with Crippen molar-refractivity contribution in [2.45, 2.75) is 56.1 Å². The average molecular weight is 270 g/mol. The quantitative estimate of drug-likeness (QED) is 0.716. The molecule has 1 saturated heterocycles. The lowest BCUT2D eigenvalue weighted by atomic mass is 9.88. The summed E-state index contributed by atoms with van der Waals surface area (Å²) in [5, 5.41) is 3.72. The summed E-state index contributed by atoms with van der Waals surface area (Å²) >= 11 is 2.10. The monoisotopic (exact) mass is 270 g/mol. The van der Waals surface area contributed by atoms with Crippen molar-refractivity contribution in [3.05, 3.63) is 0 Å². The minimum absolute atomic E-state index is 0.561. The van der Waals surface area contributed by atoms with Gasteiger partial charge < -0.3 is 10.2 Å². The van der Waals surface area contributed by atoms with Gasteiger partial charge in [0.2, 0.25) is 0 Å². The molecule has 0 aromatic rings.